The molecule has 1 amide bonds. The first kappa shape index (κ1) is 15.7. The Kier molecular flexibility index (Phi) is 5.76. The fourth-order valence-electron chi connectivity index (χ4n) is 1.55. The number of hydrogen-bond acceptors (Lipinski definition) is 5. The minimum absolute atomic E-state index is 0.0428. The van der Waals surface area contributed by atoms with Crippen molar-refractivity contribution in [1.29, 1.82) is 0 Å². The highest BCUT2D eigenvalue weighted by molar-refractivity contribution is 5.97. The van der Waals surface area contributed by atoms with Crippen molar-refractivity contribution in [2.24, 2.45) is 5.73 Å². The molecule has 110 valence electrons. The van der Waals surface area contributed by atoms with E-state index in [4.69, 9.17) is 15.2 Å². The predicted octanol–water partition coefficient (Wildman–Crippen LogP) is 2.27. The summed E-state index contributed by atoms with van der Waals surface area (Å²) in [5, 5.41) is 10.9. The van der Waals surface area contributed by atoms with E-state index in [0.29, 0.717) is 13.2 Å². The van der Waals surface area contributed by atoms with Crippen LogP contribution in [0.5, 0.6) is 11.5 Å². The van der Waals surface area contributed by atoms with E-state index in [9.17, 15) is 14.9 Å². The number of ether oxygens (including phenoxy) is 2. The van der Waals surface area contributed by atoms with Gasteiger partial charge in [0.25, 0.3) is 11.6 Å². The molecule has 0 radical (unpaired) electrons. The van der Waals surface area contributed by atoms with Crippen molar-refractivity contribution < 1.29 is 19.2 Å². The van der Waals surface area contributed by atoms with E-state index in [1.165, 1.54) is 6.07 Å². The van der Waals surface area contributed by atoms with Crippen LogP contribution < -0.4 is 15.2 Å². The lowest BCUT2D eigenvalue weighted by Gasteiger charge is -2.14. The van der Waals surface area contributed by atoms with Crippen molar-refractivity contribution in [3.05, 3.63) is 27.8 Å². The van der Waals surface area contributed by atoms with Crippen molar-refractivity contribution in [1.82, 2.24) is 0 Å². The second-order valence-corrected chi connectivity index (χ2v) is 4.14. The molecule has 0 atom stereocenters. The van der Waals surface area contributed by atoms with Gasteiger partial charge < -0.3 is 15.2 Å². The summed E-state index contributed by atoms with van der Waals surface area (Å²) in [6, 6.07) is 2.35. The molecule has 0 fully saturated rings. The van der Waals surface area contributed by atoms with Crippen molar-refractivity contribution in [2.75, 3.05) is 13.2 Å². The predicted molar refractivity (Wildman–Crippen MR) is 73.2 cm³/mol. The molecule has 1 rings (SSSR count). The van der Waals surface area contributed by atoms with Crippen LogP contribution in [0.1, 0.15) is 37.0 Å². The van der Waals surface area contributed by atoms with Crippen LogP contribution in [0.3, 0.4) is 0 Å². The Morgan fingerprint density at radius 1 is 1.25 bits per heavy atom. The highest BCUT2D eigenvalue weighted by Crippen LogP contribution is 2.36. The fraction of sp³-hybridized carbons (Fsp3) is 0.462. The molecule has 0 bridgehead atoms. The van der Waals surface area contributed by atoms with E-state index < -0.39 is 10.8 Å². The van der Waals surface area contributed by atoms with Crippen molar-refractivity contribution in [2.45, 2.75) is 26.7 Å². The molecule has 1 aromatic rings. The van der Waals surface area contributed by atoms with Crippen LogP contribution in [-0.2, 0) is 0 Å². The number of carbonyl (C=O) groups is 1. The second kappa shape index (κ2) is 7.32. The Hall–Kier alpha value is -2.31. The number of rotatable bonds is 8. The van der Waals surface area contributed by atoms with Gasteiger partial charge in [-0.05, 0) is 12.8 Å². The van der Waals surface area contributed by atoms with Crippen LogP contribution >= 0.6 is 0 Å². The maximum Gasteiger partial charge on any atom is 0.274 e. The van der Waals surface area contributed by atoms with Gasteiger partial charge in [0.15, 0.2) is 11.5 Å². The van der Waals surface area contributed by atoms with Gasteiger partial charge in [0.05, 0.1) is 29.8 Å². The molecule has 20 heavy (non-hydrogen) atoms. The molecule has 0 saturated heterocycles. The topological polar surface area (TPSA) is 105 Å². The van der Waals surface area contributed by atoms with Gasteiger partial charge >= 0.3 is 0 Å². The summed E-state index contributed by atoms with van der Waals surface area (Å²) in [6.07, 6.45) is 1.45. The zero-order valence-electron chi connectivity index (χ0n) is 11.5. The molecular weight excluding hydrogens is 264 g/mol. The van der Waals surface area contributed by atoms with E-state index >= 15 is 0 Å². The van der Waals surface area contributed by atoms with Crippen LogP contribution in [0.4, 0.5) is 5.69 Å². The normalized spacial score (nSPS) is 10.1. The number of nitro benzene ring substituents is 1. The monoisotopic (exact) mass is 282 g/mol. The van der Waals surface area contributed by atoms with Gasteiger partial charge in [-0.2, -0.15) is 0 Å². The second-order valence-electron chi connectivity index (χ2n) is 4.14. The van der Waals surface area contributed by atoms with Crippen LogP contribution in [0, 0.1) is 10.1 Å². The Balaban J connectivity index is 3.32. The summed E-state index contributed by atoms with van der Waals surface area (Å²) >= 11 is 0. The van der Waals surface area contributed by atoms with Gasteiger partial charge in [0.1, 0.15) is 0 Å². The molecule has 0 aliphatic rings. The average Bonchev–Trinajstić information content (AvgIpc) is 2.42. The molecule has 2 N–H and O–H groups in total. The van der Waals surface area contributed by atoms with Crippen molar-refractivity contribution in [3.63, 3.8) is 0 Å². The Labute approximate surface area is 116 Å². The third-order valence-electron chi connectivity index (χ3n) is 2.43. The van der Waals surface area contributed by atoms with Crippen LogP contribution in [-0.4, -0.2) is 24.0 Å². The average molecular weight is 282 g/mol. The van der Waals surface area contributed by atoms with E-state index in [2.05, 4.69) is 0 Å². The summed E-state index contributed by atoms with van der Waals surface area (Å²) in [6.45, 7) is 4.53. The maximum atomic E-state index is 11.4. The zero-order valence-corrected chi connectivity index (χ0v) is 11.5. The number of nitrogens with two attached hydrogens (primary N) is 1. The molecule has 7 heteroatoms. The van der Waals surface area contributed by atoms with Crippen LogP contribution in [0.25, 0.3) is 0 Å². The summed E-state index contributed by atoms with van der Waals surface area (Å²) in [7, 11) is 0. The quantitative estimate of drug-likeness (QED) is 0.581. The number of nitrogens with zero attached hydrogens (tertiary/aromatic N) is 1. The summed E-state index contributed by atoms with van der Waals surface area (Å²) in [5.41, 5.74) is 4.96. The summed E-state index contributed by atoms with van der Waals surface area (Å²) in [4.78, 5) is 21.7. The van der Waals surface area contributed by atoms with E-state index in [1.54, 1.807) is 0 Å². The van der Waals surface area contributed by atoms with Crippen molar-refractivity contribution >= 4 is 11.6 Å². The Bertz CT molecular complexity index is 502. The molecule has 0 saturated carbocycles. The summed E-state index contributed by atoms with van der Waals surface area (Å²) in [5.74, 6) is -0.456. The van der Waals surface area contributed by atoms with Crippen LogP contribution in [0.15, 0.2) is 12.1 Å². The number of amides is 1. The van der Waals surface area contributed by atoms with Gasteiger partial charge in [0.2, 0.25) is 0 Å². The SMILES string of the molecule is CCCOc1cc([N+](=O)[O-])cc(C(N)=O)c1OCCC. The lowest BCUT2D eigenvalue weighted by molar-refractivity contribution is -0.385. The smallest absolute Gasteiger partial charge is 0.274 e. The number of carbonyl (C=O) groups excluding carboxylic acids is 1. The Morgan fingerprint density at radius 3 is 2.35 bits per heavy atom. The fourth-order valence-corrected chi connectivity index (χ4v) is 1.55. The van der Waals surface area contributed by atoms with Crippen molar-refractivity contribution in [3.8, 4) is 11.5 Å². The van der Waals surface area contributed by atoms with E-state index in [-0.39, 0.29) is 22.7 Å². The van der Waals surface area contributed by atoms with E-state index in [1.807, 2.05) is 13.8 Å². The minimum atomic E-state index is -0.791. The lowest BCUT2D eigenvalue weighted by atomic mass is 10.1. The van der Waals surface area contributed by atoms with Gasteiger partial charge in [-0.15, -0.1) is 0 Å². The van der Waals surface area contributed by atoms with Gasteiger partial charge in [-0.3, -0.25) is 14.9 Å². The number of nitro groups is 1. The molecule has 0 heterocycles. The molecule has 0 aromatic heterocycles. The first-order valence-electron chi connectivity index (χ1n) is 6.39. The lowest BCUT2D eigenvalue weighted by Crippen LogP contribution is -2.15. The molecule has 0 aliphatic heterocycles. The van der Waals surface area contributed by atoms with Gasteiger partial charge in [0, 0.05) is 6.07 Å². The standard InChI is InChI=1S/C13H18N2O5/c1-3-5-19-11-8-9(15(17)18)7-10(13(14)16)12(11)20-6-4-2/h7-8H,3-6H2,1-2H3,(H2,14,16). The number of primary amides is 1. The molecule has 1 aromatic carbocycles. The maximum absolute atomic E-state index is 11.4. The number of hydrogen-bond donors (Lipinski definition) is 1. The highest BCUT2D eigenvalue weighted by atomic mass is 16.6. The largest absolute Gasteiger partial charge is 0.489 e. The van der Waals surface area contributed by atoms with Gasteiger partial charge in [-0.25, -0.2) is 0 Å². The molecule has 0 aliphatic carbocycles. The first-order valence-corrected chi connectivity index (χ1v) is 6.39. The zero-order chi connectivity index (χ0) is 15.1. The minimum Gasteiger partial charge on any atom is -0.489 e. The third-order valence-corrected chi connectivity index (χ3v) is 2.43. The van der Waals surface area contributed by atoms with Crippen LogP contribution in [0.2, 0.25) is 0 Å². The molecule has 7 nitrogen and oxygen atoms in total. The van der Waals surface area contributed by atoms with Gasteiger partial charge in [-0.1, -0.05) is 13.8 Å². The first-order chi connectivity index (χ1) is 9.51. The Morgan fingerprint density at radius 2 is 1.85 bits per heavy atom. The molecular formula is C13H18N2O5. The number of non-ortho nitro benzene ring substituents is 1. The number of benzene rings is 1. The molecule has 0 unspecified atom stereocenters. The third kappa shape index (κ3) is 3.84. The van der Waals surface area contributed by atoms with E-state index in [0.717, 1.165) is 18.9 Å². The highest BCUT2D eigenvalue weighted by Gasteiger charge is 2.22. The summed E-state index contributed by atoms with van der Waals surface area (Å²) < 4.78 is 10.9. The molecule has 0 spiro atoms.